The molecule has 0 radical (unpaired) electrons. The van der Waals surface area contributed by atoms with E-state index in [1.54, 1.807) is 0 Å². The molecule has 1 aliphatic heterocycles. The summed E-state index contributed by atoms with van der Waals surface area (Å²) >= 11 is 12.2. The summed E-state index contributed by atoms with van der Waals surface area (Å²) in [7, 11) is 0. The third kappa shape index (κ3) is 5.45. The van der Waals surface area contributed by atoms with Gasteiger partial charge in [-0.25, -0.2) is 0 Å². The number of nitrogens with one attached hydrogen (secondary N) is 2. The average molecular weight is 329 g/mol. The Morgan fingerprint density at radius 3 is 2.81 bits per heavy atom. The summed E-state index contributed by atoms with van der Waals surface area (Å²) in [6.45, 7) is 5.58. The molecule has 0 amide bonds. The Balaban J connectivity index is 1.87. The number of benzene rings is 1. The van der Waals surface area contributed by atoms with Crippen molar-refractivity contribution in [3.05, 3.63) is 33.8 Å². The van der Waals surface area contributed by atoms with Crippen LogP contribution in [-0.4, -0.2) is 18.6 Å². The molecule has 4 heteroatoms. The number of hydrogen-bond acceptors (Lipinski definition) is 2. The normalized spacial score (nSPS) is 22.6. The molecular weight excluding hydrogens is 303 g/mol. The SMILES string of the molecule is CC(CC1CCCCCN1)NC(C)c1ccc(Cl)cc1Cl. The monoisotopic (exact) mass is 328 g/mol. The fraction of sp³-hybridized carbons (Fsp3) is 0.647. The van der Waals surface area contributed by atoms with E-state index in [1.807, 2.05) is 18.2 Å². The van der Waals surface area contributed by atoms with E-state index in [-0.39, 0.29) is 6.04 Å². The van der Waals surface area contributed by atoms with Gasteiger partial charge in [-0.15, -0.1) is 0 Å². The summed E-state index contributed by atoms with van der Waals surface area (Å²) in [4.78, 5) is 0. The predicted molar refractivity (Wildman–Crippen MR) is 92.4 cm³/mol. The third-order valence-corrected chi connectivity index (χ3v) is 4.83. The predicted octanol–water partition coefficient (Wildman–Crippen LogP) is 4.95. The zero-order valence-corrected chi connectivity index (χ0v) is 14.5. The zero-order valence-electron chi connectivity index (χ0n) is 13.0. The quantitative estimate of drug-likeness (QED) is 0.798. The summed E-state index contributed by atoms with van der Waals surface area (Å²) in [5.41, 5.74) is 1.11. The number of hydrogen-bond donors (Lipinski definition) is 2. The lowest BCUT2D eigenvalue weighted by atomic mass is 10.0. The van der Waals surface area contributed by atoms with E-state index in [0.717, 1.165) is 23.6 Å². The molecule has 2 nitrogen and oxygen atoms in total. The van der Waals surface area contributed by atoms with E-state index < -0.39 is 0 Å². The van der Waals surface area contributed by atoms with Crippen molar-refractivity contribution in [1.82, 2.24) is 10.6 Å². The van der Waals surface area contributed by atoms with E-state index in [9.17, 15) is 0 Å². The number of halogens is 2. The molecule has 1 aliphatic rings. The molecule has 2 N–H and O–H groups in total. The molecule has 0 aromatic heterocycles. The van der Waals surface area contributed by atoms with Gasteiger partial charge >= 0.3 is 0 Å². The van der Waals surface area contributed by atoms with Gasteiger partial charge in [-0.3, -0.25) is 0 Å². The fourth-order valence-electron chi connectivity index (χ4n) is 3.17. The molecule has 1 aromatic rings. The van der Waals surface area contributed by atoms with Crippen molar-refractivity contribution in [3.63, 3.8) is 0 Å². The van der Waals surface area contributed by atoms with Crippen LogP contribution in [0.2, 0.25) is 10.0 Å². The first-order valence-corrected chi connectivity index (χ1v) is 8.76. The van der Waals surface area contributed by atoms with E-state index in [1.165, 1.54) is 25.7 Å². The van der Waals surface area contributed by atoms with Crippen molar-refractivity contribution in [2.24, 2.45) is 0 Å². The maximum Gasteiger partial charge on any atom is 0.0468 e. The minimum absolute atomic E-state index is 0.232. The van der Waals surface area contributed by atoms with Crippen molar-refractivity contribution in [2.75, 3.05) is 6.54 Å². The van der Waals surface area contributed by atoms with Crippen LogP contribution in [0.5, 0.6) is 0 Å². The van der Waals surface area contributed by atoms with Crippen LogP contribution in [-0.2, 0) is 0 Å². The van der Waals surface area contributed by atoms with Crippen LogP contribution in [0.15, 0.2) is 18.2 Å². The van der Waals surface area contributed by atoms with E-state index in [4.69, 9.17) is 23.2 Å². The smallest absolute Gasteiger partial charge is 0.0468 e. The Morgan fingerprint density at radius 2 is 2.05 bits per heavy atom. The Bertz CT molecular complexity index is 442. The zero-order chi connectivity index (χ0) is 15.2. The van der Waals surface area contributed by atoms with Crippen LogP contribution < -0.4 is 10.6 Å². The molecule has 1 aromatic carbocycles. The van der Waals surface area contributed by atoms with Gasteiger partial charge in [0, 0.05) is 28.2 Å². The lowest BCUT2D eigenvalue weighted by molar-refractivity contribution is 0.380. The van der Waals surface area contributed by atoms with Crippen LogP contribution >= 0.6 is 23.2 Å². The summed E-state index contributed by atoms with van der Waals surface area (Å²) in [5.74, 6) is 0. The highest BCUT2D eigenvalue weighted by atomic mass is 35.5. The van der Waals surface area contributed by atoms with Gasteiger partial charge in [-0.1, -0.05) is 42.1 Å². The summed E-state index contributed by atoms with van der Waals surface area (Å²) in [6, 6.07) is 7.06. The topological polar surface area (TPSA) is 24.1 Å². The standard InChI is InChI=1S/C17H26Cl2N2/c1-12(10-15-6-4-3-5-9-20-15)21-13(2)16-8-7-14(18)11-17(16)19/h7-8,11-13,15,20-21H,3-6,9-10H2,1-2H3. The molecule has 1 fully saturated rings. The Hall–Kier alpha value is -0.280. The van der Waals surface area contributed by atoms with Gasteiger partial charge < -0.3 is 10.6 Å². The van der Waals surface area contributed by atoms with E-state index in [2.05, 4.69) is 24.5 Å². The van der Waals surface area contributed by atoms with Crippen molar-refractivity contribution in [2.45, 2.75) is 64.1 Å². The molecule has 0 spiro atoms. The van der Waals surface area contributed by atoms with Crippen molar-refractivity contribution in [3.8, 4) is 0 Å². The van der Waals surface area contributed by atoms with Gasteiger partial charge in [0.15, 0.2) is 0 Å². The fourth-order valence-corrected chi connectivity index (χ4v) is 3.74. The molecular formula is C17H26Cl2N2. The first kappa shape index (κ1) is 17.1. The lowest BCUT2D eigenvalue weighted by Crippen LogP contribution is -2.37. The maximum absolute atomic E-state index is 6.28. The highest BCUT2D eigenvalue weighted by Gasteiger charge is 2.17. The lowest BCUT2D eigenvalue weighted by Gasteiger charge is -2.25. The summed E-state index contributed by atoms with van der Waals surface area (Å²) in [5, 5.41) is 8.74. The average Bonchev–Trinajstić information content (AvgIpc) is 2.66. The summed E-state index contributed by atoms with van der Waals surface area (Å²) in [6.07, 6.45) is 6.48. The maximum atomic E-state index is 6.28. The molecule has 3 unspecified atom stereocenters. The first-order valence-electron chi connectivity index (χ1n) is 8.00. The molecule has 118 valence electrons. The highest BCUT2D eigenvalue weighted by Crippen LogP contribution is 2.26. The second-order valence-corrected chi connectivity index (χ2v) is 7.03. The molecule has 0 bridgehead atoms. The molecule has 1 saturated heterocycles. The molecule has 21 heavy (non-hydrogen) atoms. The Kier molecular flexibility index (Phi) is 6.81. The van der Waals surface area contributed by atoms with E-state index >= 15 is 0 Å². The van der Waals surface area contributed by atoms with Crippen molar-refractivity contribution in [1.29, 1.82) is 0 Å². The molecule has 1 heterocycles. The minimum atomic E-state index is 0.232. The van der Waals surface area contributed by atoms with Gasteiger partial charge in [0.05, 0.1) is 0 Å². The molecule has 3 atom stereocenters. The van der Waals surface area contributed by atoms with Crippen LogP contribution in [0.25, 0.3) is 0 Å². The molecule has 2 rings (SSSR count). The highest BCUT2D eigenvalue weighted by molar-refractivity contribution is 6.35. The Morgan fingerprint density at radius 1 is 1.24 bits per heavy atom. The van der Waals surface area contributed by atoms with Crippen LogP contribution in [0.4, 0.5) is 0 Å². The van der Waals surface area contributed by atoms with Crippen molar-refractivity contribution >= 4 is 23.2 Å². The second kappa shape index (κ2) is 8.38. The minimum Gasteiger partial charge on any atom is -0.314 e. The largest absolute Gasteiger partial charge is 0.314 e. The van der Waals surface area contributed by atoms with Crippen LogP contribution in [0, 0.1) is 0 Å². The van der Waals surface area contributed by atoms with Gasteiger partial charge in [0.2, 0.25) is 0 Å². The molecule has 0 saturated carbocycles. The van der Waals surface area contributed by atoms with Crippen LogP contribution in [0.3, 0.4) is 0 Å². The second-order valence-electron chi connectivity index (χ2n) is 6.19. The first-order chi connectivity index (χ1) is 10.1. The third-order valence-electron chi connectivity index (χ3n) is 4.26. The van der Waals surface area contributed by atoms with Gasteiger partial charge in [0.1, 0.15) is 0 Å². The van der Waals surface area contributed by atoms with Crippen LogP contribution in [0.1, 0.15) is 57.6 Å². The van der Waals surface area contributed by atoms with E-state index in [0.29, 0.717) is 17.1 Å². The molecule has 0 aliphatic carbocycles. The van der Waals surface area contributed by atoms with Gasteiger partial charge in [0.25, 0.3) is 0 Å². The Labute approximate surface area is 138 Å². The van der Waals surface area contributed by atoms with Crippen molar-refractivity contribution < 1.29 is 0 Å². The van der Waals surface area contributed by atoms with Gasteiger partial charge in [-0.2, -0.15) is 0 Å². The summed E-state index contributed by atoms with van der Waals surface area (Å²) < 4.78 is 0. The number of rotatable bonds is 5. The van der Waals surface area contributed by atoms with Gasteiger partial charge in [-0.05, 0) is 57.4 Å².